The number of hydrogen-bond donors (Lipinski definition) is 0. The summed E-state index contributed by atoms with van der Waals surface area (Å²) in [6, 6.07) is 11.2. The summed E-state index contributed by atoms with van der Waals surface area (Å²) in [5.74, 6) is 0.877. The van der Waals surface area contributed by atoms with Crippen LogP contribution in [0.15, 0.2) is 40.8 Å². The van der Waals surface area contributed by atoms with E-state index in [1.165, 1.54) is 6.92 Å². The van der Waals surface area contributed by atoms with Gasteiger partial charge in [-0.1, -0.05) is 23.7 Å². The molecule has 1 aromatic heterocycles. The zero-order valence-corrected chi connectivity index (χ0v) is 20.1. The van der Waals surface area contributed by atoms with E-state index in [2.05, 4.69) is 4.90 Å². The highest BCUT2D eigenvalue weighted by Crippen LogP contribution is 2.24. The topological polar surface area (TPSA) is 83.3 Å². The van der Waals surface area contributed by atoms with Gasteiger partial charge in [-0.25, -0.2) is 0 Å². The van der Waals surface area contributed by atoms with Crippen molar-refractivity contribution in [1.29, 1.82) is 0 Å². The molecule has 0 aliphatic carbocycles. The molecule has 8 nitrogen and oxygen atoms in total. The maximum absolute atomic E-state index is 13.2. The molecule has 0 spiro atoms. The Labute approximate surface area is 204 Å². The lowest BCUT2D eigenvalue weighted by atomic mass is 10.1. The van der Waals surface area contributed by atoms with Crippen LogP contribution in [0.5, 0.6) is 0 Å². The molecule has 2 saturated heterocycles. The monoisotopic (exact) mass is 487 g/mol. The van der Waals surface area contributed by atoms with Gasteiger partial charge in [0, 0.05) is 57.6 Å². The number of carbonyl (C=O) groups excluding carboxylic acids is 3. The Hall–Kier alpha value is -2.84. The molecule has 2 aliphatic rings. The number of amides is 2. The number of esters is 1. The van der Waals surface area contributed by atoms with Gasteiger partial charge < -0.3 is 19.0 Å². The average molecular weight is 488 g/mol. The lowest BCUT2D eigenvalue weighted by molar-refractivity contribution is -0.142. The van der Waals surface area contributed by atoms with Crippen molar-refractivity contribution in [3.8, 4) is 0 Å². The molecule has 3 heterocycles. The number of furan rings is 1. The second kappa shape index (κ2) is 11.1. The third-order valence-corrected chi connectivity index (χ3v) is 6.52. The second-order valence-corrected chi connectivity index (χ2v) is 9.34. The number of carbonyl (C=O) groups is 3. The third-order valence-electron chi connectivity index (χ3n) is 6.27. The lowest BCUT2D eigenvalue weighted by Gasteiger charge is -2.24. The Morgan fingerprint density at radius 3 is 2.56 bits per heavy atom. The molecular weight excluding hydrogens is 458 g/mol. The molecule has 2 aromatic rings. The Morgan fingerprint density at radius 1 is 1.03 bits per heavy atom. The van der Waals surface area contributed by atoms with Crippen LogP contribution < -0.4 is 0 Å². The van der Waals surface area contributed by atoms with Gasteiger partial charge in [0.15, 0.2) is 0 Å². The number of halogens is 1. The molecule has 9 heteroatoms. The number of ether oxygens (including phenoxy) is 1. The van der Waals surface area contributed by atoms with Crippen LogP contribution in [0.25, 0.3) is 0 Å². The zero-order valence-electron chi connectivity index (χ0n) is 19.4. The minimum absolute atomic E-state index is 0.0205. The van der Waals surface area contributed by atoms with Gasteiger partial charge in [-0.2, -0.15) is 0 Å². The van der Waals surface area contributed by atoms with E-state index >= 15 is 0 Å². The number of benzene rings is 1. The summed E-state index contributed by atoms with van der Waals surface area (Å²) in [6.45, 7) is 6.00. The molecule has 1 atom stereocenters. The van der Waals surface area contributed by atoms with Crippen LogP contribution in [0.4, 0.5) is 0 Å². The molecule has 0 N–H and O–H groups in total. The summed E-state index contributed by atoms with van der Waals surface area (Å²) in [5.41, 5.74) is 1.00. The zero-order chi connectivity index (χ0) is 24.1. The molecule has 0 radical (unpaired) electrons. The largest absolute Gasteiger partial charge is 0.461 e. The number of likely N-dealkylation sites (tertiary alicyclic amines) is 1. The third kappa shape index (κ3) is 6.39. The lowest BCUT2D eigenvalue weighted by Crippen LogP contribution is -2.39. The van der Waals surface area contributed by atoms with E-state index in [9.17, 15) is 14.4 Å². The van der Waals surface area contributed by atoms with Crippen molar-refractivity contribution in [2.75, 3.05) is 32.7 Å². The molecule has 1 aromatic carbocycles. The van der Waals surface area contributed by atoms with E-state index < -0.39 is 0 Å². The minimum atomic E-state index is -0.340. The van der Waals surface area contributed by atoms with Crippen LogP contribution in [0.3, 0.4) is 0 Å². The Morgan fingerprint density at radius 2 is 1.79 bits per heavy atom. The van der Waals surface area contributed by atoms with Gasteiger partial charge in [0.05, 0.1) is 12.5 Å². The van der Waals surface area contributed by atoms with E-state index in [1.54, 1.807) is 4.90 Å². The van der Waals surface area contributed by atoms with Crippen LogP contribution in [0.2, 0.25) is 5.02 Å². The van der Waals surface area contributed by atoms with Crippen molar-refractivity contribution in [2.24, 2.45) is 5.92 Å². The van der Waals surface area contributed by atoms with Gasteiger partial charge in [-0.05, 0) is 36.2 Å². The molecule has 0 bridgehead atoms. The first-order valence-corrected chi connectivity index (χ1v) is 12.0. The Bertz CT molecular complexity index is 1020. The minimum Gasteiger partial charge on any atom is -0.461 e. The molecule has 34 heavy (non-hydrogen) atoms. The molecule has 182 valence electrons. The van der Waals surface area contributed by atoms with Crippen molar-refractivity contribution < 1.29 is 23.5 Å². The Balaban J connectivity index is 1.26. The Kier molecular flexibility index (Phi) is 7.90. The summed E-state index contributed by atoms with van der Waals surface area (Å²) in [5, 5.41) is 0.661. The molecule has 2 fully saturated rings. The highest BCUT2D eigenvalue weighted by molar-refractivity contribution is 6.30. The van der Waals surface area contributed by atoms with E-state index in [0.29, 0.717) is 43.5 Å². The van der Waals surface area contributed by atoms with E-state index in [0.717, 1.165) is 30.8 Å². The van der Waals surface area contributed by atoms with Crippen molar-refractivity contribution in [2.45, 2.75) is 39.5 Å². The van der Waals surface area contributed by atoms with Crippen LogP contribution >= 0.6 is 11.6 Å². The first-order valence-electron chi connectivity index (χ1n) is 11.6. The molecule has 1 unspecified atom stereocenters. The smallest absolute Gasteiger partial charge is 0.303 e. The highest BCUT2D eigenvalue weighted by Gasteiger charge is 2.36. The standard InChI is InChI=1S/C25H30ClN3O5/c1-18(30)33-17-23-8-7-22(34-23)16-27-9-2-10-28(12-11-27)25(32)20-13-24(31)29(15-20)14-19-3-5-21(26)6-4-19/h3-8,20H,2,9-17H2,1H3. The average Bonchev–Trinajstić information content (AvgIpc) is 3.33. The molecule has 2 amide bonds. The van der Waals surface area contributed by atoms with Gasteiger partial charge in [0.25, 0.3) is 0 Å². The summed E-state index contributed by atoms with van der Waals surface area (Å²) >= 11 is 5.95. The summed E-state index contributed by atoms with van der Waals surface area (Å²) in [6.07, 6.45) is 1.13. The van der Waals surface area contributed by atoms with Crippen LogP contribution in [0, 0.1) is 5.92 Å². The fraction of sp³-hybridized carbons (Fsp3) is 0.480. The molecule has 4 rings (SSSR count). The SMILES string of the molecule is CC(=O)OCc1ccc(CN2CCCN(C(=O)C3CC(=O)N(Cc4ccc(Cl)cc4)C3)CC2)o1. The first-order chi connectivity index (χ1) is 16.4. The van der Waals surface area contributed by atoms with Gasteiger partial charge in [0.2, 0.25) is 11.8 Å². The van der Waals surface area contributed by atoms with E-state index in [-0.39, 0.29) is 36.7 Å². The molecule has 2 aliphatic heterocycles. The van der Waals surface area contributed by atoms with Gasteiger partial charge >= 0.3 is 5.97 Å². The van der Waals surface area contributed by atoms with Crippen LogP contribution in [-0.2, 0) is 38.8 Å². The summed E-state index contributed by atoms with van der Waals surface area (Å²) < 4.78 is 10.7. The predicted octanol–water partition coefficient (Wildman–Crippen LogP) is 3.08. The van der Waals surface area contributed by atoms with Crippen molar-refractivity contribution >= 4 is 29.4 Å². The van der Waals surface area contributed by atoms with E-state index in [4.69, 9.17) is 20.8 Å². The van der Waals surface area contributed by atoms with Gasteiger partial charge in [-0.3, -0.25) is 19.3 Å². The maximum atomic E-state index is 13.2. The second-order valence-electron chi connectivity index (χ2n) is 8.91. The summed E-state index contributed by atoms with van der Waals surface area (Å²) in [4.78, 5) is 42.6. The molecule has 0 saturated carbocycles. The van der Waals surface area contributed by atoms with Crippen LogP contribution in [0.1, 0.15) is 36.8 Å². The fourth-order valence-corrected chi connectivity index (χ4v) is 4.61. The number of rotatable bonds is 7. The summed E-state index contributed by atoms with van der Waals surface area (Å²) in [7, 11) is 0. The normalized spacial score (nSPS) is 19.4. The first kappa shape index (κ1) is 24.3. The van der Waals surface area contributed by atoms with Gasteiger partial charge in [0.1, 0.15) is 18.1 Å². The van der Waals surface area contributed by atoms with Crippen LogP contribution in [-0.4, -0.2) is 65.2 Å². The molecular formula is C25H30ClN3O5. The predicted molar refractivity (Wildman–Crippen MR) is 126 cm³/mol. The fourth-order valence-electron chi connectivity index (χ4n) is 4.49. The van der Waals surface area contributed by atoms with Crippen molar-refractivity contribution in [1.82, 2.24) is 14.7 Å². The number of hydrogen-bond acceptors (Lipinski definition) is 6. The quantitative estimate of drug-likeness (QED) is 0.558. The van der Waals surface area contributed by atoms with Gasteiger partial charge in [-0.15, -0.1) is 0 Å². The maximum Gasteiger partial charge on any atom is 0.303 e. The highest BCUT2D eigenvalue weighted by atomic mass is 35.5. The number of nitrogens with zero attached hydrogens (tertiary/aromatic N) is 3. The van der Waals surface area contributed by atoms with Crippen molar-refractivity contribution in [3.05, 3.63) is 58.5 Å². The van der Waals surface area contributed by atoms with Crippen molar-refractivity contribution in [3.63, 3.8) is 0 Å². The van der Waals surface area contributed by atoms with E-state index in [1.807, 2.05) is 41.3 Å².